The molecule has 1 unspecified atom stereocenters. The van der Waals surface area contributed by atoms with Crippen LogP contribution in [0.3, 0.4) is 0 Å². The van der Waals surface area contributed by atoms with Gasteiger partial charge in [-0.1, -0.05) is 23.9 Å². The van der Waals surface area contributed by atoms with Crippen LogP contribution in [0.4, 0.5) is 0 Å². The van der Waals surface area contributed by atoms with Crippen LogP contribution in [-0.4, -0.2) is 34.5 Å². The molecule has 1 atom stereocenters. The first-order chi connectivity index (χ1) is 11.3. The molecule has 1 saturated heterocycles. The number of hydrogen-bond donors (Lipinski definition) is 0. The summed E-state index contributed by atoms with van der Waals surface area (Å²) in [5.41, 5.74) is 3.31. The first-order valence-electron chi connectivity index (χ1n) is 7.59. The van der Waals surface area contributed by atoms with E-state index in [1.807, 2.05) is 36.2 Å². The van der Waals surface area contributed by atoms with Gasteiger partial charge in [0.15, 0.2) is 5.17 Å². The minimum Gasteiger partial charge on any atom is -0.497 e. The first kappa shape index (κ1) is 14.3. The number of aliphatic imine (C=N–C) groups is 1. The molecule has 1 aromatic carbocycles. The van der Waals surface area contributed by atoms with Gasteiger partial charge < -0.3 is 9.64 Å². The standard InChI is InChI=1S/C18H17N3OS/c1-22-15-6-4-13(5-7-15)17-11-16(14-3-2-8-19-12-14)20-18-21(17)9-10-23-18/h2-8,11-12,17H,9-10H2,1H3. The van der Waals surface area contributed by atoms with Gasteiger partial charge in [0.25, 0.3) is 0 Å². The third-order valence-corrected chi connectivity index (χ3v) is 5.06. The summed E-state index contributed by atoms with van der Waals surface area (Å²) < 4.78 is 5.27. The summed E-state index contributed by atoms with van der Waals surface area (Å²) in [6, 6.07) is 12.5. The minimum atomic E-state index is 0.207. The smallest absolute Gasteiger partial charge is 0.165 e. The van der Waals surface area contributed by atoms with Crippen molar-refractivity contribution in [3.8, 4) is 5.75 Å². The van der Waals surface area contributed by atoms with Crippen LogP contribution < -0.4 is 4.74 Å². The molecule has 0 saturated carbocycles. The molecule has 2 aromatic rings. The van der Waals surface area contributed by atoms with Crippen molar-refractivity contribution in [2.45, 2.75) is 6.04 Å². The molecule has 3 heterocycles. The summed E-state index contributed by atoms with van der Waals surface area (Å²) in [5, 5.41) is 1.10. The second-order valence-electron chi connectivity index (χ2n) is 5.45. The lowest BCUT2D eigenvalue weighted by Gasteiger charge is -2.31. The van der Waals surface area contributed by atoms with Crippen molar-refractivity contribution in [2.24, 2.45) is 4.99 Å². The molecule has 4 nitrogen and oxygen atoms in total. The number of aromatic nitrogens is 1. The van der Waals surface area contributed by atoms with Crippen LogP contribution in [0.25, 0.3) is 5.70 Å². The molecule has 116 valence electrons. The van der Waals surface area contributed by atoms with E-state index in [2.05, 4.69) is 34.2 Å². The highest BCUT2D eigenvalue weighted by molar-refractivity contribution is 8.14. The van der Waals surface area contributed by atoms with E-state index >= 15 is 0 Å². The van der Waals surface area contributed by atoms with Crippen LogP contribution in [0, 0.1) is 0 Å². The fourth-order valence-electron chi connectivity index (χ4n) is 2.90. The molecule has 0 spiro atoms. The number of rotatable bonds is 3. The lowest BCUT2D eigenvalue weighted by Crippen LogP contribution is -2.31. The van der Waals surface area contributed by atoms with E-state index in [0.717, 1.165) is 34.5 Å². The SMILES string of the molecule is COc1ccc(C2C=C(c3cccnc3)N=C3SCCN32)cc1. The van der Waals surface area contributed by atoms with E-state index in [0.29, 0.717) is 0 Å². The van der Waals surface area contributed by atoms with Crippen molar-refractivity contribution in [3.63, 3.8) is 0 Å². The fourth-order valence-corrected chi connectivity index (χ4v) is 3.90. The Hall–Kier alpha value is -2.27. The van der Waals surface area contributed by atoms with Crippen molar-refractivity contribution in [3.05, 3.63) is 66.0 Å². The van der Waals surface area contributed by atoms with Crippen LogP contribution in [0.15, 0.2) is 59.9 Å². The third-order valence-electron chi connectivity index (χ3n) is 4.09. The van der Waals surface area contributed by atoms with Crippen molar-refractivity contribution in [1.82, 2.24) is 9.88 Å². The Labute approximate surface area is 139 Å². The molecule has 1 fully saturated rings. The van der Waals surface area contributed by atoms with Crippen molar-refractivity contribution in [2.75, 3.05) is 19.4 Å². The topological polar surface area (TPSA) is 37.7 Å². The Kier molecular flexibility index (Phi) is 3.79. The predicted molar refractivity (Wildman–Crippen MR) is 94.5 cm³/mol. The largest absolute Gasteiger partial charge is 0.497 e. The Bertz CT molecular complexity index is 756. The normalized spacial score (nSPS) is 19.9. The molecule has 4 rings (SSSR count). The average molecular weight is 323 g/mol. The van der Waals surface area contributed by atoms with E-state index in [4.69, 9.17) is 9.73 Å². The van der Waals surface area contributed by atoms with E-state index in [1.165, 1.54) is 5.56 Å². The molecule has 1 aromatic heterocycles. The number of amidine groups is 1. The summed E-state index contributed by atoms with van der Waals surface area (Å²) >= 11 is 1.82. The summed E-state index contributed by atoms with van der Waals surface area (Å²) in [7, 11) is 1.69. The van der Waals surface area contributed by atoms with Gasteiger partial charge >= 0.3 is 0 Å². The highest BCUT2D eigenvalue weighted by Gasteiger charge is 2.31. The van der Waals surface area contributed by atoms with E-state index in [9.17, 15) is 0 Å². The molecule has 0 amide bonds. The quantitative estimate of drug-likeness (QED) is 0.865. The number of benzene rings is 1. The minimum absolute atomic E-state index is 0.207. The lowest BCUT2D eigenvalue weighted by atomic mass is 10.0. The Morgan fingerprint density at radius 2 is 2.09 bits per heavy atom. The molecule has 23 heavy (non-hydrogen) atoms. The van der Waals surface area contributed by atoms with Gasteiger partial charge in [0.2, 0.25) is 0 Å². The maximum absolute atomic E-state index is 5.27. The molecule has 5 heteroatoms. The second-order valence-corrected chi connectivity index (χ2v) is 6.51. The molecule has 0 bridgehead atoms. The fraction of sp³-hybridized carbons (Fsp3) is 0.222. The monoisotopic (exact) mass is 323 g/mol. The molecule has 0 N–H and O–H groups in total. The van der Waals surface area contributed by atoms with Gasteiger partial charge in [0.05, 0.1) is 18.8 Å². The van der Waals surface area contributed by atoms with E-state index in [-0.39, 0.29) is 6.04 Å². The summed E-state index contributed by atoms with van der Waals surface area (Å²) in [5.74, 6) is 1.96. The zero-order valence-corrected chi connectivity index (χ0v) is 13.7. The van der Waals surface area contributed by atoms with E-state index < -0.39 is 0 Å². The maximum atomic E-state index is 5.27. The second kappa shape index (κ2) is 6.08. The van der Waals surface area contributed by atoms with Crippen LogP contribution >= 0.6 is 11.8 Å². The molecule has 2 aliphatic rings. The molecule has 2 aliphatic heterocycles. The Balaban J connectivity index is 1.74. The van der Waals surface area contributed by atoms with Gasteiger partial charge in [-0.2, -0.15) is 0 Å². The van der Waals surface area contributed by atoms with Crippen molar-refractivity contribution < 1.29 is 4.74 Å². The van der Waals surface area contributed by atoms with Gasteiger partial charge in [-0.15, -0.1) is 0 Å². The van der Waals surface area contributed by atoms with Gasteiger partial charge in [0.1, 0.15) is 5.75 Å². The average Bonchev–Trinajstić information content (AvgIpc) is 3.10. The number of methoxy groups -OCH3 is 1. The van der Waals surface area contributed by atoms with Gasteiger partial charge in [-0.3, -0.25) is 4.98 Å². The van der Waals surface area contributed by atoms with Crippen LogP contribution in [-0.2, 0) is 0 Å². The predicted octanol–water partition coefficient (Wildman–Crippen LogP) is 3.59. The Morgan fingerprint density at radius 1 is 1.22 bits per heavy atom. The lowest BCUT2D eigenvalue weighted by molar-refractivity contribution is 0.396. The van der Waals surface area contributed by atoms with E-state index in [1.54, 1.807) is 13.3 Å². The number of nitrogens with zero attached hydrogens (tertiary/aromatic N) is 3. The number of ether oxygens (including phenoxy) is 1. The summed E-state index contributed by atoms with van der Waals surface area (Å²) in [6.45, 7) is 1.02. The molecular weight excluding hydrogens is 306 g/mol. The summed E-state index contributed by atoms with van der Waals surface area (Å²) in [6.07, 6.45) is 5.89. The number of fused-ring (bicyclic) bond motifs is 1. The molecular formula is C18H17N3OS. The molecule has 0 aliphatic carbocycles. The zero-order valence-electron chi connectivity index (χ0n) is 12.8. The van der Waals surface area contributed by atoms with Crippen LogP contribution in [0.2, 0.25) is 0 Å². The number of hydrogen-bond acceptors (Lipinski definition) is 5. The number of thioether (sulfide) groups is 1. The summed E-state index contributed by atoms with van der Waals surface area (Å²) in [4.78, 5) is 11.4. The highest BCUT2D eigenvalue weighted by Crippen LogP contribution is 2.37. The number of pyridine rings is 1. The molecule has 0 radical (unpaired) electrons. The van der Waals surface area contributed by atoms with Crippen molar-refractivity contribution >= 4 is 22.6 Å². The van der Waals surface area contributed by atoms with Crippen LogP contribution in [0.5, 0.6) is 5.75 Å². The van der Waals surface area contributed by atoms with Crippen LogP contribution in [0.1, 0.15) is 17.2 Å². The van der Waals surface area contributed by atoms with Crippen molar-refractivity contribution in [1.29, 1.82) is 0 Å². The zero-order chi connectivity index (χ0) is 15.6. The first-order valence-corrected chi connectivity index (χ1v) is 8.58. The van der Waals surface area contributed by atoms with Gasteiger partial charge in [0, 0.05) is 30.3 Å². The highest BCUT2D eigenvalue weighted by atomic mass is 32.2. The third kappa shape index (κ3) is 2.72. The Morgan fingerprint density at radius 3 is 2.83 bits per heavy atom. The van der Waals surface area contributed by atoms with Gasteiger partial charge in [-0.25, -0.2) is 4.99 Å². The maximum Gasteiger partial charge on any atom is 0.165 e. The van der Waals surface area contributed by atoms with Gasteiger partial charge in [-0.05, 0) is 35.9 Å².